The van der Waals surface area contributed by atoms with Crippen LogP contribution in [0, 0.1) is 6.92 Å². The van der Waals surface area contributed by atoms with Crippen LogP contribution in [0.15, 0.2) is 10.9 Å². The van der Waals surface area contributed by atoms with Crippen LogP contribution in [-0.2, 0) is 0 Å². The summed E-state index contributed by atoms with van der Waals surface area (Å²) in [6.07, 6.45) is 5.14. The average molecular weight is 307 g/mol. The Bertz CT molecular complexity index is 659. The molecule has 0 spiro atoms. The Kier molecular flexibility index (Phi) is 4.50. The summed E-state index contributed by atoms with van der Waals surface area (Å²) in [5, 5.41) is 8.34. The fourth-order valence-electron chi connectivity index (χ4n) is 2.67. The van der Waals surface area contributed by atoms with E-state index in [4.69, 9.17) is 0 Å². The van der Waals surface area contributed by atoms with Gasteiger partial charge in [0.2, 0.25) is 10.1 Å². The highest BCUT2D eigenvalue weighted by atomic mass is 32.1. The maximum absolute atomic E-state index is 11.8. The van der Waals surface area contributed by atoms with Crippen molar-refractivity contribution in [2.45, 2.75) is 32.6 Å². The first-order valence-corrected chi connectivity index (χ1v) is 8.38. The highest BCUT2D eigenvalue weighted by Crippen LogP contribution is 2.16. The molecule has 1 aliphatic rings. The SMILES string of the molecule is Cc1cc(=O)n2nc(NCCCN3CCCCC3)sc2n1. The lowest BCUT2D eigenvalue weighted by Crippen LogP contribution is -2.31. The minimum Gasteiger partial charge on any atom is -0.360 e. The molecule has 1 aliphatic heterocycles. The van der Waals surface area contributed by atoms with E-state index in [2.05, 4.69) is 20.3 Å². The van der Waals surface area contributed by atoms with Gasteiger partial charge in [-0.2, -0.15) is 4.52 Å². The number of hydrogen-bond donors (Lipinski definition) is 1. The van der Waals surface area contributed by atoms with E-state index in [1.807, 2.05) is 6.92 Å². The molecule has 2 aromatic rings. The zero-order valence-corrected chi connectivity index (χ0v) is 13.2. The molecular formula is C14H21N5OS. The normalized spacial score (nSPS) is 16.4. The van der Waals surface area contributed by atoms with Gasteiger partial charge in [-0.05, 0) is 45.8 Å². The van der Waals surface area contributed by atoms with Gasteiger partial charge >= 0.3 is 0 Å². The van der Waals surface area contributed by atoms with Crippen LogP contribution in [0.1, 0.15) is 31.4 Å². The van der Waals surface area contributed by atoms with E-state index in [1.165, 1.54) is 54.3 Å². The van der Waals surface area contributed by atoms with E-state index >= 15 is 0 Å². The molecule has 114 valence electrons. The van der Waals surface area contributed by atoms with Gasteiger partial charge in [0.05, 0.1) is 0 Å². The smallest absolute Gasteiger partial charge is 0.275 e. The lowest BCUT2D eigenvalue weighted by molar-refractivity contribution is 0.228. The molecule has 0 radical (unpaired) electrons. The molecule has 1 saturated heterocycles. The maximum atomic E-state index is 11.8. The number of piperidine rings is 1. The highest BCUT2D eigenvalue weighted by molar-refractivity contribution is 7.20. The van der Waals surface area contributed by atoms with Gasteiger partial charge in [0.25, 0.3) is 5.56 Å². The summed E-state index contributed by atoms with van der Waals surface area (Å²) in [5.74, 6) is 0. The van der Waals surface area contributed by atoms with Crippen LogP contribution in [-0.4, -0.2) is 45.7 Å². The molecule has 0 unspecified atom stereocenters. The van der Waals surface area contributed by atoms with Crippen LogP contribution in [0.4, 0.5) is 5.13 Å². The number of likely N-dealkylation sites (tertiary alicyclic amines) is 1. The van der Waals surface area contributed by atoms with Crippen LogP contribution in [0.5, 0.6) is 0 Å². The van der Waals surface area contributed by atoms with Crippen LogP contribution >= 0.6 is 11.3 Å². The second kappa shape index (κ2) is 6.53. The average Bonchev–Trinajstić information content (AvgIpc) is 2.88. The van der Waals surface area contributed by atoms with Gasteiger partial charge < -0.3 is 10.2 Å². The predicted octanol–water partition coefficient (Wildman–Crippen LogP) is 1.75. The van der Waals surface area contributed by atoms with Crippen molar-refractivity contribution in [3.05, 3.63) is 22.1 Å². The van der Waals surface area contributed by atoms with Crippen molar-refractivity contribution in [3.63, 3.8) is 0 Å². The summed E-state index contributed by atoms with van der Waals surface area (Å²) in [4.78, 5) is 19.3. The Morgan fingerprint density at radius 2 is 2.14 bits per heavy atom. The summed E-state index contributed by atoms with van der Waals surface area (Å²) < 4.78 is 1.37. The number of nitrogens with zero attached hydrogens (tertiary/aromatic N) is 4. The predicted molar refractivity (Wildman–Crippen MR) is 85.3 cm³/mol. The summed E-state index contributed by atoms with van der Waals surface area (Å²) >= 11 is 1.43. The number of hydrogen-bond acceptors (Lipinski definition) is 6. The number of anilines is 1. The molecular weight excluding hydrogens is 286 g/mol. The Labute approximate surface area is 127 Å². The van der Waals surface area contributed by atoms with Crippen molar-refractivity contribution < 1.29 is 0 Å². The van der Waals surface area contributed by atoms with E-state index in [-0.39, 0.29) is 5.56 Å². The second-order valence-corrected chi connectivity index (χ2v) is 6.48. The number of aryl methyl sites for hydroxylation is 1. The lowest BCUT2D eigenvalue weighted by Gasteiger charge is -2.26. The largest absolute Gasteiger partial charge is 0.360 e. The van der Waals surface area contributed by atoms with Crippen molar-refractivity contribution >= 4 is 21.4 Å². The highest BCUT2D eigenvalue weighted by Gasteiger charge is 2.10. The van der Waals surface area contributed by atoms with Gasteiger partial charge in [-0.25, -0.2) is 4.98 Å². The number of nitrogens with one attached hydrogen (secondary N) is 1. The first-order valence-electron chi connectivity index (χ1n) is 7.56. The Hall–Kier alpha value is -1.47. The minimum absolute atomic E-state index is 0.116. The molecule has 7 heteroatoms. The topological polar surface area (TPSA) is 62.5 Å². The third-order valence-corrected chi connectivity index (χ3v) is 4.62. The summed E-state index contributed by atoms with van der Waals surface area (Å²) in [6.45, 7) is 6.31. The van der Waals surface area contributed by atoms with Crippen molar-refractivity contribution in [1.29, 1.82) is 0 Å². The molecule has 3 heterocycles. The van der Waals surface area contributed by atoms with E-state index in [0.29, 0.717) is 4.96 Å². The number of rotatable bonds is 5. The van der Waals surface area contributed by atoms with Crippen molar-refractivity contribution in [2.75, 3.05) is 31.5 Å². The molecule has 3 rings (SSSR count). The van der Waals surface area contributed by atoms with Crippen molar-refractivity contribution in [3.8, 4) is 0 Å². The van der Waals surface area contributed by atoms with Gasteiger partial charge in [-0.1, -0.05) is 17.8 Å². The molecule has 0 bridgehead atoms. The van der Waals surface area contributed by atoms with Crippen molar-refractivity contribution in [2.24, 2.45) is 0 Å². The molecule has 0 saturated carbocycles. The van der Waals surface area contributed by atoms with Crippen LogP contribution < -0.4 is 10.9 Å². The van der Waals surface area contributed by atoms with Gasteiger partial charge in [0, 0.05) is 18.3 Å². The molecule has 0 amide bonds. The fourth-order valence-corrected chi connectivity index (χ4v) is 3.55. The standard InChI is InChI=1S/C14H21N5OS/c1-11-10-12(20)19-14(16-11)21-13(17-19)15-6-5-9-18-7-3-2-4-8-18/h10H,2-9H2,1H3,(H,15,17). The quantitative estimate of drug-likeness (QED) is 0.853. The van der Waals surface area contributed by atoms with E-state index < -0.39 is 0 Å². The molecule has 1 fully saturated rings. The zero-order chi connectivity index (χ0) is 14.7. The molecule has 0 aromatic carbocycles. The van der Waals surface area contributed by atoms with Crippen LogP contribution in [0.2, 0.25) is 0 Å². The van der Waals surface area contributed by atoms with Crippen LogP contribution in [0.25, 0.3) is 4.96 Å². The third kappa shape index (κ3) is 3.59. The van der Waals surface area contributed by atoms with Crippen LogP contribution in [0.3, 0.4) is 0 Å². The Morgan fingerprint density at radius 3 is 2.95 bits per heavy atom. The molecule has 1 N–H and O–H groups in total. The molecule has 0 atom stereocenters. The molecule has 2 aromatic heterocycles. The van der Waals surface area contributed by atoms with Gasteiger partial charge in [0.1, 0.15) is 0 Å². The lowest BCUT2D eigenvalue weighted by atomic mass is 10.1. The fraction of sp³-hybridized carbons (Fsp3) is 0.643. The number of aromatic nitrogens is 3. The molecule has 0 aliphatic carbocycles. The van der Waals surface area contributed by atoms with E-state index in [9.17, 15) is 4.79 Å². The Balaban J connectivity index is 1.53. The van der Waals surface area contributed by atoms with Gasteiger partial charge in [-0.3, -0.25) is 4.79 Å². The van der Waals surface area contributed by atoms with Gasteiger partial charge in [-0.15, -0.1) is 5.10 Å². The Morgan fingerprint density at radius 1 is 1.33 bits per heavy atom. The second-order valence-electron chi connectivity index (χ2n) is 5.52. The summed E-state index contributed by atoms with van der Waals surface area (Å²) in [6, 6.07) is 1.51. The molecule has 21 heavy (non-hydrogen) atoms. The monoisotopic (exact) mass is 307 g/mol. The van der Waals surface area contributed by atoms with Crippen molar-refractivity contribution in [1.82, 2.24) is 19.5 Å². The third-order valence-electron chi connectivity index (χ3n) is 3.75. The zero-order valence-electron chi connectivity index (χ0n) is 12.3. The summed E-state index contributed by atoms with van der Waals surface area (Å²) in [7, 11) is 0. The van der Waals surface area contributed by atoms with Gasteiger partial charge in [0.15, 0.2) is 0 Å². The first-order chi connectivity index (χ1) is 10.2. The first kappa shape index (κ1) is 14.5. The minimum atomic E-state index is -0.116. The van der Waals surface area contributed by atoms with E-state index in [1.54, 1.807) is 0 Å². The van der Waals surface area contributed by atoms with E-state index in [0.717, 1.165) is 30.3 Å². The molecule has 6 nitrogen and oxygen atoms in total. The maximum Gasteiger partial charge on any atom is 0.275 e. The summed E-state index contributed by atoms with van der Waals surface area (Å²) in [5.41, 5.74) is 0.621. The number of fused-ring (bicyclic) bond motifs is 1.